The monoisotopic (exact) mass is 267 g/mol. The first-order chi connectivity index (χ1) is 9.65. The predicted molar refractivity (Wildman–Crippen MR) is 72.1 cm³/mol. The Labute approximate surface area is 114 Å². The average molecular weight is 267 g/mol. The molecule has 0 spiro atoms. The zero-order valence-electron chi connectivity index (χ0n) is 10.7. The molecule has 0 saturated heterocycles. The standard InChI is InChI=1S/C15H10FN3O/c1-3-12-9-19-15(17-12)10(2)8-14(18-19)20-13-6-4-11(16)5-7-13/h1,4-9H,2H3. The third kappa shape index (κ3) is 2.19. The number of aromatic nitrogens is 3. The molecule has 2 heterocycles. The van der Waals surface area contributed by atoms with Crippen LogP contribution in [0, 0.1) is 25.1 Å². The van der Waals surface area contributed by atoms with Gasteiger partial charge in [0.2, 0.25) is 5.88 Å². The second-order valence-corrected chi connectivity index (χ2v) is 4.26. The first kappa shape index (κ1) is 12.2. The number of halogens is 1. The summed E-state index contributed by atoms with van der Waals surface area (Å²) in [5, 5.41) is 4.27. The van der Waals surface area contributed by atoms with Gasteiger partial charge in [-0.2, -0.15) is 0 Å². The highest BCUT2D eigenvalue weighted by molar-refractivity contribution is 5.50. The summed E-state index contributed by atoms with van der Waals surface area (Å²) in [7, 11) is 0. The van der Waals surface area contributed by atoms with Crippen LogP contribution in [0.1, 0.15) is 11.3 Å². The number of ether oxygens (including phenoxy) is 1. The Morgan fingerprint density at radius 1 is 1.30 bits per heavy atom. The summed E-state index contributed by atoms with van der Waals surface area (Å²) in [5.41, 5.74) is 2.09. The van der Waals surface area contributed by atoms with Gasteiger partial charge in [0, 0.05) is 6.07 Å². The van der Waals surface area contributed by atoms with Crippen LogP contribution in [0.5, 0.6) is 11.6 Å². The van der Waals surface area contributed by atoms with Crippen molar-refractivity contribution in [3.8, 4) is 24.0 Å². The van der Waals surface area contributed by atoms with Gasteiger partial charge in [-0.25, -0.2) is 13.9 Å². The van der Waals surface area contributed by atoms with Crippen molar-refractivity contribution >= 4 is 5.65 Å². The van der Waals surface area contributed by atoms with Crippen molar-refractivity contribution in [1.82, 2.24) is 14.6 Å². The van der Waals surface area contributed by atoms with Gasteiger partial charge in [0.05, 0.1) is 6.20 Å². The minimum atomic E-state index is -0.315. The second-order valence-electron chi connectivity index (χ2n) is 4.26. The molecule has 0 aliphatic carbocycles. The van der Waals surface area contributed by atoms with Crippen LogP contribution in [0.15, 0.2) is 36.5 Å². The molecule has 0 N–H and O–H groups in total. The van der Waals surface area contributed by atoms with Gasteiger partial charge in [-0.15, -0.1) is 11.5 Å². The summed E-state index contributed by atoms with van der Waals surface area (Å²) in [6.45, 7) is 1.89. The van der Waals surface area contributed by atoms with Gasteiger partial charge in [0.15, 0.2) is 5.65 Å². The van der Waals surface area contributed by atoms with E-state index in [-0.39, 0.29) is 5.82 Å². The van der Waals surface area contributed by atoms with Crippen LogP contribution in [0.3, 0.4) is 0 Å². The second kappa shape index (κ2) is 4.67. The molecule has 0 atom stereocenters. The van der Waals surface area contributed by atoms with Crippen molar-refractivity contribution in [1.29, 1.82) is 0 Å². The number of aryl methyl sites for hydroxylation is 1. The van der Waals surface area contributed by atoms with E-state index in [0.29, 0.717) is 23.0 Å². The van der Waals surface area contributed by atoms with E-state index < -0.39 is 0 Å². The number of fused-ring (bicyclic) bond motifs is 1. The van der Waals surface area contributed by atoms with Gasteiger partial charge >= 0.3 is 0 Å². The lowest BCUT2D eigenvalue weighted by Gasteiger charge is -2.06. The fourth-order valence-corrected chi connectivity index (χ4v) is 1.84. The molecule has 2 aromatic heterocycles. The molecule has 98 valence electrons. The van der Waals surface area contributed by atoms with E-state index in [1.807, 2.05) is 6.92 Å². The lowest BCUT2D eigenvalue weighted by atomic mass is 10.3. The molecule has 20 heavy (non-hydrogen) atoms. The van der Waals surface area contributed by atoms with E-state index in [1.165, 1.54) is 24.3 Å². The molecule has 0 unspecified atom stereocenters. The van der Waals surface area contributed by atoms with Crippen molar-refractivity contribution in [2.75, 3.05) is 0 Å². The molecule has 0 bridgehead atoms. The Morgan fingerprint density at radius 3 is 2.75 bits per heavy atom. The lowest BCUT2D eigenvalue weighted by molar-refractivity contribution is 0.450. The summed E-state index contributed by atoms with van der Waals surface area (Å²) in [6.07, 6.45) is 6.97. The van der Waals surface area contributed by atoms with Gasteiger partial charge in [-0.05, 0) is 42.7 Å². The summed E-state index contributed by atoms with van der Waals surface area (Å²) < 4.78 is 20.0. The van der Waals surface area contributed by atoms with Crippen molar-refractivity contribution in [2.45, 2.75) is 6.92 Å². The van der Waals surface area contributed by atoms with Gasteiger partial charge in [-0.3, -0.25) is 0 Å². The van der Waals surface area contributed by atoms with E-state index in [9.17, 15) is 4.39 Å². The number of rotatable bonds is 2. The first-order valence-corrected chi connectivity index (χ1v) is 5.93. The van der Waals surface area contributed by atoms with Gasteiger partial charge in [0.1, 0.15) is 17.3 Å². The largest absolute Gasteiger partial charge is 0.438 e. The van der Waals surface area contributed by atoms with Gasteiger partial charge in [-0.1, -0.05) is 0 Å². The van der Waals surface area contributed by atoms with Crippen molar-refractivity contribution in [2.24, 2.45) is 0 Å². The van der Waals surface area contributed by atoms with Crippen LogP contribution < -0.4 is 4.74 Å². The molecule has 0 aliphatic rings. The average Bonchev–Trinajstić information content (AvgIpc) is 2.85. The number of hydrogen-bond acceptors (Lipinski definition) is 3. The maximum Gasteiger partial charge on any atom is 0.237 e. The topological polar surface area (TPSA) is 39.4 Å². The molecule has 5 heteroatoms. The van der Waals surface area contributed by atoms with Crippen molar-refractivity contribution in [3.63, 3.8) is 0 Å². The summed E-state index contributed by atoms with van der Waals surface area (Å²) >= 11 is 0. The van der Waals surface area contributed by atoms with Crippen LogP contribution in [0.4, 0.5) is 4.39 Å². The lowest BCUT2D eigenvalue weighted by Crippen LogP contribution is -1.97. The van der Waals surface area contributed by atoms with E-state index in [1.54, 1.807) is 16.8 Å². The Kier molecular flexibility index (Phi) is 2.84. The fourth-order valence-electron chi connectivity index (χ4n) is 1.84. The van der Waals surface area contributed by atoms with E-state index in [2.05, 4.69) is 16.0 Å². The third-order valence-corrected chi connectivity index (χ3v) is 2.77. The molecule has 3 rings (SSSR count). The van der Waals surface area contributed by atoms with Crippen LogP contribution in [-0.2, 0) is 0 Å². The molecule has 0 saturated carbocycles. The summed E-state index contributed by atoms with van der Waals surface area (Å²) in [5.74, 6) is 3.05. The zero-order chi connectivity index (χ0) is 14.1. The highest BCUT2D eigenvalue weighted by Gasteiger charge is 2.08. The zero-order valence-corrected chi connectivity index (χ0v) is 10.7. The Hall–Kier alpha value is -2.87. The molecule has 4 nitrogen and oxygen atoms in total. The van der Waals surface area contributed by atoms with E-state index in [0.717, 1.165) is 5.56 Å². The highest BCUT2D eigenvalue weighted by atomic mass is 19.1. The smallest absolute Gasteiger partial charge is 0.237 e. The van der Waals surface area contributed by atoms with Crippen molar-refractivity contribution < 1.29 is 9.13 Å². The number of terminal acetylenes is 1. The number of benzene rings is 1. The summed E-state index contributed by atoms with van der Waals surface area (Å²) in [4.78, 5) is 4.25. The number of hydrogen-bond donors (Lipinski definition) is 0. The van der Waals surface area contributed by atoms with E-state index in [4.69, 9.17) is 11.2 Å². The maximum absolute atomic E-state index is 12.8. The van der Waals surface area contributed by atoms with Crippen LogP contribution in [-0.4, -0.2) is 14.6 Å². The number of nitrogens with zero attached hydrogens (tertiary/aromatic N) is 3. The minimum Gasteiger partial charge on any atom is -0.438 e. The highest BCUT2D eigenvalue weighted by Crippen LogP contribution is 2.21. The van der Waals surface area contributed by atoms with Crippen LogP contribution in [0.2, 0.25) is 0 Å². The molecule has 0 fully saturated rings. The molecule has 1 aromatic carbocycles. The maximum atomic E-state index is 12.8. The fraction of sp³-hybridized carbons (Fsp3) is 0.0667. The summed E-state index contributed by atoms with van der Waals surface area (Å²) in [6, 6.07) is 7.49. The number of imidazole rings is 1. The molecule has 0 radical (unpaired) electrons. The minimum absolute atomic E-state index is 0.315. The SMILES string of the molecule is C#Cc1cn2nc(Oc3ccc(F)cc3)cc(C)c2n1. The molecule has 0 amide bonds. The normalized spacial score (nSPS) is 10.4. The third-order valence-electron chi connectivity index (χ3n) is 2.77. The Bertz CT molecular complexity index is 815. The predicted octanol–water partition coefficient (Wildman–Crippen LogP) is 2.95. The molecule has 0 aliphatic heterocycles. The van der Waals surface area contributed by atoms with Crippen molar-refractivity contribution in [3.05, 3.63) is 53.6 Å². The van der Waals surface area contributed by atoms with Crippen LogP contribution >= 0.6 is 0 Å². The van der Waals surface area contributed by atoms with Crippen LogP contribution in [0.25, 0.3) is 5.65 Å². The van der Waals surface area contributed by atoms with Gasteiger partial charge in [0.25, 0.3) is 0 Å². The molecular weight excluding hydrogens is 257 g/mol. The Balaban J connectivity index is 2.00. The first-order valence-electron chi connectivity index (χ1n) is 5.93. The molecular formula is C15H10FN3O. The quantitative estimate of drug-likeness (QED) is 0.670. The van der Waals surface area contributed by atoms with E-state index >= 15 is 0 Å². The Morgan fingerprint density at radius 2 is 2.05 bits per heavy atom. The molecule has 3 aromatic rings. The van der Waals surface area contributed by atoms with Gasteiger partial charge < -0.3 is 4.74 Å².